The van der Waals surface area contributed by atoms with E-state index in [-0.39, 0.29) is 29.7 Å². The van der Waals surface area contributed by atoms with Crippen LogP contribution in [0.4, 0.5) is 0 Å². The van der Waals surface area contributed by atoms with Gasteiger partial charge in [0, 0.05) is 6.42 Å². The van der Waals surface area contributed by atoms with Crippen molar-refractivity contribution in [3.63, 3.8) is 0 Å². The van der Waals surface area contributed by atoms with E-state index in [0.717, 1.165) is 0 Å². The Morgan fingerprint density at radius 2 is 1.94 bits per heavy atom. The van der Waals surface area contributed by atoms with Crippen LogP contribution in [-0.2, 0) is 4.79 Å². The van der Waals surface area contributed by atoms with Gasteiger partial charge in [0.15, 0.2) is 5.76 Å². The molecular weight excluding hydrogens is 232 g/mol. The lowest BCUT2D eigenvalue weighted by atomic mass is 10.1. The number of carbonyl (C=O) groups is 2. The molecule has 0 aliphatic heterocycles. The summed E-state index contributed by atoms with van der Waals surface area (Å²) in [6, 6.07) is 9.80. The molecule has 1 aromatic heterocycles. The second-order valence-corrected chi connectivity index (χ2v) is 3.63. The van der Waals surface area contributed by atoms with Gasteiger partial charge in [-0.15, -0.1) is 0 Å². The number of furan rings is 1. The highest BCUT2D eigenvalue weighted by Crippen LogP contribution is 2.22. The monoisotopic (exact) mass is 244 g/mol. The van der Waals surface area contributed by atoms with Crippen molar-refractivity contribution < 1.29 is 18.7 Å². The fraction of sp³-hybridized carbons (Fsp3) is 0.143. The first kappa shape index (κ1) is 12.1. The molecule has 0 amide bonds. The van der Waals surface area contributed by atoms with Gasteiger partial charge in [-0.25, -0.2) is 0 Å². The number of carbonyl (C=O) groups excluding carboxylic acids is 2. The largest absolute Gasteiger partial charge is 0.461 e. The summed E-state index contributed by atoms with van der Waals surface area (Å²) < 4.78 is 10.2. The fourth-order valence-electron chi connectivity index (χ4n) is 1.48. The predicted octanol–water partition coefficient (Wildman–Crippen LogP) is 2.83. The Kier molecular flexibility index (Phi) is 3.57. The minimum Gasteiger partial charge on any atom is -0.461 e. The number of benzene rings is 1. The van der Waals surface area contributed by atoms with E-state index in [9.17, 15) is 9.59 Å². The summed E-state index contributed by atoms with van der Waals surface area (Å²) in [5.41, 5.74) is 0.314. The van der Waals surface area contributed by atoms with Crippen molar-refractivity contribution in [3.8, 4) is 5.75 Å². The average Bonchev–Trinajstić information content (AvgIpc) is 2.92. The first-order valence-corrected chi connectivity index (χ1v) is 5.60. The number of para-hydroxylation sites is 1. The molecule has 0 spiro atoms. The zero-order valence-electron chi connectivity index (χ0n) is 9.88. The Bertz CT molecular complexity index is 555. The molecular formula is C14H12O4. The summed E-state index contributed by atoms with van der Waals surface area (Å²) in [4.78, 5) is 23.4. The van der Waals surface area contributed by atoms with Crippen LogP contribution in [0.1, 0.15) is 29.5 Å². The topological polar surface area (TPSA) is 56.5 Å². The average molecular weight is 244 g/mol. The van der Waals surface area contributed by atoms with Gasteiger partial charge < -0.3 is 9.15 Å². The molecule has 0 saturated heterocycles. The van der Waals surface area contributed by atoms with Crippen molar-refractivity contribution in [2.75, 3.05) is 0 Å². The molecule has 1 heterocycles. The van der Waals surface area contributed by atoms with Crippen LogP contribution >= 0.6 is 0 Å². The van der Waals surface area contributed by atoms with Gasteiger partial charge in [0.2, 0.25) is 5.78 Å². The van der Waals surface area contributed by atoms with E-state index in [1.165, 1.54) is 6.26 Å². The molecule has 0 N–H and O–H groups in total. The molecule has 0 saturated carbocycles. The number of ketones is 1. The van der Waals surface area contributed by atoms with Gasteiger partial charge in [0.05, 0.1) is 11.8 Å². The maximum atomic E-state index is 12.1. The summed E-state index contributed by atoms with van der Waals surface area (Å²) in [5.74, 6) is -0.213. The van der Waals surface area contributed by atoms with E-state index in [1.807, 2.05) is 0 Å². The van der Waals surface area contributed by atoms with Gasteiger partial charge in [-0.3, -0.25) is 9.59 Å². The van der Waals surface area contributed by atoms with Crippen LogP contribution in [-0.4, -0.2) is 11.8 Å². The number of ether oxygens (including phenoxy) is 1. The standard InChI is InChI=1S/C14H12O4/c1-2-13(15)18-11-7-4-3-6-10(11)14(16)12-8-5-9-17-12/h3-9H,2H2,1H3. The Morgan fingerprint density at radius 3 is 2.61 bits per heavy atom. The number of rotatable bonds is 4. The van der Waals surface area contributed by atoms with Crippen LogP contribution in [0.3, 0.4) is 0 Å². The lowest BCUT2D eigenvalue weighted by Gasteiger charge is -2.07. The fourth-order valence-corrected chi connectivity index (χ4v) is 1.48. The van der Waals surface area contributed by atoms with Crippen LogP contribution in [0.2, 0.25) is 0 Å². The van der Waals surface area contributed by atoms with E-state index >= 15 is 0 Å². The van der Waals surface area contributed by atoms with E-state index in [0.29, 0.717) is 5.56 Å². The smallest absolute Gasteiger partial charge is 0.310 e. The quantitative estimate of drug-likeness (QED) is 0.471. The molecule has 4 nitrogen and oxygen atoms in total. The van der Waals surface area contributed by atoms with Gasteiger partial charge in [0.25, 0.3) is 0 Å². The normalized spacial score (nSPS) is 10.1. The third kappa shape index (κ3) is 2.48. The highest BCUT2D eigenvalue weighted by Gasteiger charge is 2.17. The van der Waals surface area contributed by atoms with Crippen LogP contribution in [0.15, 0.2) is 47.1 Å². The summed E-state index contributed by atoms with van der Waals surface area (Å²) in [6.07, 6.45) is 1.68. The molecule has 0 aliphatic carbocycles. The molecule has 0 aliphatic rings. The SMILES string of the molecule is CCC(=O)Oc1ccccc1C(=O)c1ccco1. The molecule has 2 rings (SSSR count). The van der Waals surface area contributed by atoms with Crippen LogP contribution in [0, 0.1) is 0 Å². The minimum absolute atomic E-state index is 0.218. The summed E-state index contributed by atoms with van der Waals surface area (Å²) in [5, 5.41) is 0. The maximum absolute atomic E-state index is 12.1. The highest BCUT2D eigenvalue weighted by atomic mass is 16.5. The first-order valence-electron chi connectivity index (χ1n) is 5.60. The molecule has 4 heteroatoms. The molecule has 0 bridgehead atoms. The molecule has 0 atom stereocenters. The number of hydrogen-bond acceptors (Lipinski definition) is 4. The van der Waals surface area contributed by atoms with Gasteiger partial charge in [-0.1, -0.05) is 19.1 Å². The zero-order valence-corrected chi connectivity index (χ0v) is 9.88. The second kappa shape index (κ2) is 5.31. The molecule has 18 heavy (non-hydrogen) atoms. The number of esters is 1. The molecule has 0 radical (unpaired) electrons. The Hall–Kier alpha value is -2.36. The van der Waals surface area contributed by atoms with Crippen molar-refractivity contribution in [2.45, 2.75) is 13.3 Å². The van der Waals surface area contributed by atoms with E-state index in [4.69, 9.17) is 9.15 Å². The Balaban J connectivity index is 2.33. The van der Waals surface area contributed by atoms with Crippen LogP contribution in [0.25, 0.3) is 0 Å². The minimum atomic E-state index is -0.380. The lowest BCUT2D eigenvalue weighted by molar-refractivity contribution is -0.134. The van der Waals surface area contributed by atoms with Crippen LogP contribution < -0.4 is 4.74 Å². The van der Waals surface area contributed by atoms with Gasteiger partial charge in [-0.2, -0.15) is 0 Å². The lowest BCUT2D eigenvalue weighted by Crippen LogP contribution is -2.10. The van der Waals surface area contributed by atoms with Gasteiger partial charge >= 0.3 is 5.97 Å². The highest BCUT2D eigenvalue weighted by molar-refractivity contribution is 6.09. The molecule has 0 unspecified atom stereocenters. The summed E-state index contributed by atoms with van der Waals surface area (Å²) in [6.45, 7) is 1.69. The Labute approximate surface area is 104 Å². The van der Waals surface area contributed by atoms with E-state index < -0.39 is 0 Å². The van der Waals surface area contributed by atoms with E-state index in [1.54, 1.807) is 43.3 Å². The van der Waals surface area contributed by atoms with Crippen LogP contribution in [0.5, 0.6) is 5.75 Å². The maximum Gasteiger partial charge on any atom is 0.310 e. The molecule has 2 aromatic rings. The predicted molar refractivity (Wildman–Crippen MR) is 64.5 cm³/mol. The molecule has 1 aromatic carbocycles. The van der Waals surface area contributed by atoms with Gasteiger partial charge in [0.1, 0.15) is 5.75 Å². The van der Waals surface area contributed by atoms with Crippen molar-refractivity contribution in [2.24, 2.45) is 0 Å². The Morgan fingerprint density at radius 1 is 1.17 bits per heavy atom. The first-order chi connectivity index (χ1) is 8.72. The van der Waals surface area contributed by atoms with Gasteiger partial charge in [-0.05, 0) is 24.3 Å². The van der Waals surface area contributed by atoms with Crippen molar-refractivity contribution >= 4 is 11.8 Å². The number of hydrogen-bond donors (Lipinski definition) is 0. The molecule has 0 fully saturated rings. The third-order valence-corrected chi connectivity index (χ3v) is 2.39. The van der Waals surface area contributed by atoms with Crippen molar-refractivity contribution in [1.29, 1.82) is 0 Å². The summed E-state index contributed by atoms with van der Waals surface area (Å²) in [7, 11) is 0. The summed E-state index contributed by atoms with van der Waals surface area (Å²) >= 11 is 0. The van der Waals surface area contributed by atoms with Crippen molar-refractivity contribution in [1.82, 2.24) is 0 Å². The van der Waals surface area contributed by atoms with Crippen molar-refractivity contribution in [3.05, 3.63) is 54.0 Å². The zero-order chi connectivity index (χ0) is 13.0. The second-order valence-electron chi connectivity index (χ2n) is 3.63. The van der Waals surface area contributed by atoms with E-state index in [2.05, 4.69) is 0 Å². The molecule has 92 valence electrons. The third-order valence-electron chi connectivity index (χ3n) is 2.39.